The van der Waals surface area contributed by atoms with Gasteiger partial charge in [0.2, 0.25) is 0 Å². The van der Waals surface area contributed by atoms with Gasteiger partial charge >= 0.3 is 0 Å². The molecule has 0 saturated heterocycles. The van der Waals surface area contributed by atoms with Crippen LogP contribution in [-0.4, -0.2) is 5.90 Å². The molecule has 0 atom stereocenters. The van der Waals surface area contributed by atoms with E-state index in [0.717, 1.165) is 16.9 Å². The first kappa shape index (κ1) is 12.0. The van der Waals surface area contributed by atoms with Crippen LogP contribution in [0.15, 0.2) is 53.5 Å². The summed E-state index contributed by atoms with van der Waals surface area (Å²) in [6, 6.07) is 18.8. The van der Waals surface area contributed by atoms with Gasteiger partial charge in [0.1, 0.15) is 11.6 Å². The zero-order chi connectivity index (χ0) is 10.8. The smallest absolute Gasteiger partial charge is 0.136 e. The van der Waals surface area contributed by atoms with Crippen LogP contribution in [0.2, 0.25) is 0 Å². The monoisotopic (exact) mass is 401 g/mol. The Labute approximate surface area is 114 Å². The summed E-state index contributed by atoms with van der Waals surface area (Å²) in [5.41, 5.74) is 2.03. The van der Waals surface area contributed by atoms with Crippen LogP contribution in [0.25, 0.3) is 0 Å². The van der Waals surface area contributed by atoms with Crippen molar-refractivity contribution in [2.75, 3.05) is 0 Å². The van der Waals surface area contributed by atoms with Gasteiger partial charge in [-0.1, -0.05) is 23.8 Å². The molecule has 0 unspecified atom stereocenters. The van der Waals surface area contributed by atoms with Crippen LogP contribution in [0.4, 0.5) is 0 Å². The molecule has 1 heterocycles. The third-order valence-electron chi connectivity index (χ3n) is 2.51. The molecule has 2 nitrogen and oxygen atoms in total. The van der Waals surface area contributed by atoms with Gasteiger partial charge in [-0.25, -0.2) is 0 Å². The Morgan fingerprint density at radius 3 is 2.71 bits per heavy atom. The molecule has 0 aliphatic carbocycles. The number of benzene rings is 2. The number of nitrogens with zero attached hydrogens (tertiary/aromatic N) is 1. The van der Waals surface area contributed by atoms with Gasteiger partial charge in [0.15, 0.2) is 0 Å². The molecule has 0 bridgehead atoms. The number of para-hydroxylation sites is 1. The van der Waals surface area contributed by atoms with Crippen molar-refractivity contribution in [2.24, 2.45) is 4.99 Å². The Kier molecular flexibility index (Phi) is 3.72. The molecular weight excluding hydrogens is 390 g/mol. The van der Waals surface area contributed by atoms with Crippen LogP contribution in [0.5, 0.6) is 5.75 Å². The zero-order valence-electron chi connectivity index (χ0n) is 9.01. The van der Waals surface area contributed by atoms with Gasteiger partial charge in [0.25, 0.3) is 0 Å². The SMILES string of the molecule is [Ir].[c-]1ccccc1C1=NCc2ccccc2O1. The van der Waals surface area contributed by atoms with E-state index in [4.69, 9.17) is 4.74 Å². The Hall–Kier alpha value is -1.44. The Balaban J connectivity index is 0.00000108. The van der Waals surface area contributed by atoms with Crippen molar-refractivity contribution in [3.8, 4) is 5.75 Å². The fraction of sp³-hybridized carbons (Fsp3) is 0.0714. The van der Waals surface area contributed by atoms with Crippen molar-refractivity contribution in [1.29, 1.82) is 0 Å². The normalized spacial score (nSPS) is 12.8. The molecular formula is C14H10IrNO-. The van der Waals surface area contributed by atoms with E-state index in [-0.39, 0.29) is 20.1 Å². The Bertz CT molecular complexity index is 537. The molecule has 0 saturated carbocycles. The van der Waals surface area contributed by atoms with Crippen LogP contribution in [0.1, 0.15) is 11.1 Å². The van der Waals surface area contributed by atoms with Gasteiger partial charge in [0, 0.05) is 25.7 Å². The number of aliphatic imine (C=N–C) groups is 1. The molecule has 0 spiro atoms. The molecule has 0 fully saturated rings. The summed E-state index contributed by atoms with van der Waals surface area (Å²) in [7, 11) is 0. The van der Waals surface area contributed by atoms with Crippen LogP contribution in [-0.2, 0) is 26.7 Å². The minimum Gasteiger partial charge on any atom is -0.483 e. The largest absolute Gasteiger partial charge is 0.483 e. The topological polar surface area (TPSA) is 21.6 Å². The molecule has 1 aliphatic heterocycles. The van der Waals surface area contributed by atoms with Gasteiger partial charge in [0.05, 0.1) is 6.54 Å². The van der Waals surface area contributed by atoms with E-state index >= 15 is 0 Å². The van der Waals surface area contributed by atoms with Crippen molar-refractivity contribution in [3.05, 3.63) is 65.7 Å². The Morgan fingerprint density at radius 2 is 1.88 bits per heavy atom. The van der Waals surface area contributed by atoms with E-state index in [1.54, 1.807) is 0 Å². The maximum atomic E-state index is 5.74. The summed E-state index contributed by atoms with van der Waals surface area (Å²) < 4.78 is 5.74. The molecule has 1 aliphatic rings. The van der Waals surface area contributed by atoms with E-state index in [1.807, 2.05) is 48.5 Å². The molecule has 3 rings (SSSR count). The fourth-order valence-corrected chi connectivity index (χ4v) is 1.69. The maximum Gasteiger partial charge on any atom is 0.136 e. The second-order valence-electron chi connectivity index (χ2n) is 3.61. The second kappa shape index (κ2) is 5.26. The quantitative estimate of drug-likeness (QED) is 0.675. The summed E-state index contributed by atoms with van der Waals surface area (Å²) >= 11 is 0. The number of fused-ring (bicyclic) bond motifs is 1. The van der Waals surface area contributed by atoms with E-state index < -0.39 is 0 Å². The number of ether oxygens (including phenoxy) is 1. The minimum atomic E-state index is 0. The molecule has 2 aromatic rings. The van der Waals surface area contributed by atoms with Gasteiger partial charge in [-0.3, -0.25) is 4.99 Å². The van der Waals surface area contributed by atoms with E-state index in [9.17, 15) is 0 Å². The molecule has 0 aromatic heterocycles. The zero-order valence-corrected chi connectivity index (χ0v) is 11.4. The molecule has 17 heavy (non-hydrogen) atoms. The Morgan fingerprint density at radius 1 is 1.06 bits per heavy atom. The van der Waals surface area contributed by atoms with Crippen molar-refractivity contribution < 1.29 is 24.8 Å². The summed E-state index contributed by atoms with van der Waals surface area (Å²) in [5, 5.41) is 0. The molecule has 87 valence electrons. The number of hydrogen-bond acceptors (Lipinski definition) is 2. The third kappa shape index (κ3) is 2.46. The predicted molar refractivity (Wildman–Crippen MR) is 62.6 cm³/mol. The van der Waals surface area contributed by atoms with Gasteiger partial charge in [-0.05, 0) is 6.07 Å². The van der Waals surface area contributed by atoms with Crippen molar-refractivity contribution in [2.45, 2.75) is 6.54 Å². The van der Waals surface area contributed by atoms with E-state index in [1.165, 1.54) is 0 Å². The fourth-order valence-electron chi connectivity index (χ4n) is 1.69. The van der Waals surface area contributed by atoms with Crippen LogP contribution < -0.4 is 4.74 Å². The molecule has 3 heteroatoms. The van der Waals surface area contributed by atoms with Crippen LogP contribution in [0, 0.1) is 6.07 Å². The first-order valence-electron chi connectivity index (χ1n) is 5.21. The van der Waals surface area contributed by atoms with E-state index in [0.29, 0.717) is 12.4 Å². The van der Waals surface area contributed by atoms with Gasteiger partial charge in [-0.15, -0.1) is 30.3 Å². The maximum absolute atomic E-state index is 5.74. The number of hydrogen-bond donors (Lipinski definition) is 0. The average molecular weight is 400 g/mol. The summed E-state index contributed by atoms with van der Waals surface area (Å²) in [5.74, 6) is 1.55. The third-order valence-corrected chi connectivity index (χ3v) is 2.51. The first-order chi connectivity index (χ1) is 7.93. The second-order valence-corrected chi connectivity index (χ2v) is 3.61. The van der Waals surface area contributed by atoms with Crippen molar-refractivity contribution in [3.63, 3.8) is 0 Å². The van der Waals surface area contributed by atoms with Crippen LogP contribution in [0.3, 0.4) is 0 Å². The predicted octanol–water partition coefficient (Wildman–Crippen LogP) is 2.82. The molecule has 2 aromatic carbocycles. The summed E-state index contributed by atoms with van der Waals surface area (Å²) in [6.45, 7) is 0.675. The summed E-state index contributed by atoms with van der Waals surface area (Å²) in [4.78, 5) is 4.40. The first-order valence-corrected chi connectivity index (χ1v) is 5.21. The standard InChI is InChI=1S/C14H10NO.Ir/c1-2-6-11(7-3-1)14-15-10-12-8-4-5-9-13(12)16-14;/h1-6,8-9H,10H2;/q-1;. The van der Waals surface area contributed by atoms with Crippen molar-refractivity contribution >= 4 is 5.90 Å². The van der Waals surface area contributed by atoms with Gasteiger partial charge in [-0.2, -0.15) is 0 Å². The number of rotatable bonds is 1. The summed E-state index contributed by atoms with van der Waals surface area (Å²) in [6.07, 6.45) is 0. The minimum absolute atomic E-state index is 0. The molecule has 0 N–H and O–H groups in total. The van der Waals surface area contributed by atoms with Crippen LogP contribution >= 0.6 is 0 Å². The van der Waals surface area contributed by atoms with Gasteiger partial charge < -0.3 is 4.74 Å². The average Bonchev–Trinajstić information content (AvgIpc) is 2.39. The molecule has 1 radical (unpaired) electrons. The molecule has 0 amide bonds. The van der Waals surface area contributed by atoms with E-state index in [2.05, 4.69) is 11.1 Å². The van der Waals surface area contributed by atoms with Crippen molar-refractivity contribution in [1.82, 2.24) is 0 Å².